The quantitative estimate of drug-likeness (QED) is 0.579. The zero-order chi connectivity index (χ0) is 14.8. The van der Waals surface area contributed by atoms with Crippen LogP contribution in [0.25, 0.3) is 10.2 Å². The Morgan fingerprint density at radius 2 is 1.73 bits per heavy atom. The molecule has 1 heterocycles. The molecule has 0 amide bonds. The molecule has 1 nitrogen and oxygen atoms in total. The fraction of sp³-hybridized carbons (Fsp3) is 0.350. The summed E-state index contributed by atoms with van der Waals surface area (Å²) in [5.41, 5.74) is 6.73. The summed E-state index contributed by atoms with van der Waals surface area (Å²) >= 11 is 1.87. The summed E-state index contributed by atoms with van der Waals surface area (Å²) in [5, 5.41) is 0. The second-order valence-corrected chi connectivity index (χ2v) is 7.25. The zero-order valence-electron chi connectivity index (χ0n) is 12.9. The van der Waals surface area contributed by atoms with Crippen LogP contribution in [0.3, 0.4) is 0 Å². The van der Waals surface area contributed by atoms with Crippen molar-refractivity contribution in [2.24, 2.45) is 0 Å². The van der Waals surface area contributed by atoms with Crippen molar-refractivity contribution in [1.29, 1.82) is 0 Å². The van der Waals surface area contributed by atoms with Gasteiger partial charge in [0.1, 0.15) is 4.70 Å². The number of benzene rings is 2. The van der Waals surface area contributed by atoms with Gasteiger partial charge in [-0.05, 0) is 24.8 Å². The Bertz CT molecular complexity index is 754. The van der Waals surface area contributed by atoms with Crippen molar-refractivity contribution in [3.8, 4) is 0 Å². The van der Waals surface area contributed by atoms with Gasteiger partial charge in [0.05, 0.1) is 0 Å². The molecule has 2 aromatic carbocycles. The SMILES string of the molecule is c1ccc(C[n+]2csc3cccc(C4CCCCC4)c32)cc1. The van der Waals surface area contributed by atoms with Crippen LogP contribution in [0, 0.1) is 0 Å². The molecular weight excluding hydrogens is 286 g/mol. The number of para-hydroxylation sites is 1. The first-order chi connectivity index (χ1) is 10.9. The molecule has 3 aromatic rings. The largest absolute Gasteiger partial charge is 0.227 e. The molecule has 1 aromatic heterocycles. The number of rotatable bonds is 3. The van der Waals surface area contributed by atoms with E-state index in [4.69, 9.17) is 0 Å². The minimum Gasteiger partial charge on any atom is -0.184 e. The molecule has 112 valence electrons. The maximum absolute atomic E-state index is 2.46. The normalized spacial score (nSPS) is 16.2. The van der Waals surface area contributed by atoms with Crippen molar-refractivity contribution in [3.05, 3.63) is 65.2 Å². The fourth-order valence-electron chi connectivity index (χ4n) is 3.75. The molecule has 0 atom stereocenters. The lowest BCUT2D eigenvalue weighted by atomic mass is 9.83. The molecule has 0 saturated heterocycles. The van der Waals surface area contributed by atoms with Gasteiger partial charge in [0.15, 0.2) is 6.54 Å². The van der Waals surface area contributed by atoms with E-state index in [0.29, 0.717) is 0 Å². The summed E-state index contributed by atoms with van der Waals surface area (Å²) in [6.07, 6.45) is 6.93. The highest BCUT2D eigenvalue weighted by Crippen LogP contribution is 2.36. The fourth-order valence-corrected chi connectivity index (χ4v) is 4.68. The van der Waals surface area contributed by atoms with Crippen LogP contribution in [0.4, 0.5) is 0 Å². The Morgan fingerprint density at radius 3 is 2.55 bits per heavy atom. The second kappa shape index (κ2) is 6.21. The molecule has 0 N–H and O–H groups in total. The third kappa shape index (κ3) is 2.68. The summed E-state index contributed by atoms with van der Waals surface area (Å²) in [6.45, 7) is 0.977. The zero-order valence-corrected chi connectivity index (χ0v) is 13.7. The van der Waals surface area contributed by atoms with E-state index >= 15 is 0 Å². The van der Waals surface area contributed by atoms with E-state index < -0.39 is 0 Å². The van der Waals surface area contributed by atoms with Gasteiger partial charge in [-0.3, -0.25) is 0 Å². The van der Waals surface area contributed by atoms with Crippen molar-refractivity contribution >= 4 is 21.6 Å². The topological polar surface area (TPSA) is 3.88 Å². The highest BCUT2D eigenvalue weighted by molar-refractivity contribution is 7.16. The van der Waals surface area contributed by atoms with Crippen LogP contribution < -0.4 is 4.57 Å². The van der Waals surface area contributed by atoms with E-state index in [2.05, 4.69) is 58.6 Å². The number of hydrogen-bond donors (Lipinski definition) is 0. The monoisotopic (exact) mass is 308 g/mol. The molecule has 1 fully saturated rings. The van der Waals surface area contributed by atoms with Crippen LogP contribution in [-0.2, 0) is 6.54 Å². The van der Waals surface area contributed by atoms with E-state index in [-0.39, 0.29) is 0 Å². The number of nitrogens with zero attached hydrogens (tertiary/aromatic N) is 1. The Hall–Kier alpha value is -1.67. The molecule has 0 radical (unpaired) electrons. The Balaban J connectivity index is 1.75. The lowest BCUT2D eigenvalue weighted by Crippen LogP contribution is -2.33. The minimum atomic E-state index is 0.758. The lowest BCUT2D eigenvalue weighted by molar-refractivity contribution is -0.658. The van der Waals surface area contributed by atoms with Gasteiger partial charge < -0.3 is 0 Å². The third-order valence-corrected chi connectivity index (χ3v) is 5.81. The van der Waals surface area contributed by atoms with Crippen LogP contribution in [0.2, 0.25) is 0 Å². The predicted octanol–water partition coefficient (Wildman–Crippen LogP) is 5.28. The van der Waals surface area contributed by atoms with E-state index in [1.165, 1.54) is 47.9 Å². The summed E-state index contributed by atoms with van der Waals surface area (Å²) in [7, 11) is 0. The molecular formula is C20H22NS+. The first kappa shape index (κ1) is 14.0. The third-order valence-electron chi connectivity index (χ3n) is 4.87. The van der Waals surface area contributed by atoms with Crippen molar-refractivity contribution < 1.29 is 4.57 Å². The van der Waals surface area contributed by atoms with Gasteiger partial charge in [0.2, 0.25) is 11.0 Å². The maximum atomic E-state index is 2.46. The Morgan fingerprint density at radius 1 is 0.909 bits per heavy atom. The predicted molar refractivity (Wildman–Crippen MR) is 93.4 cm³/mol. The molecule has 1 aliphatic rings. The highest BCUT2D eigenvalue weighted by Gasteiger charge is 2.24. The van der Waals surface area contributed by atoms with Crippen LogP contribution in [0.5, 0.6) is 0 Å². The van der Waals surface area contributed by atoms with Gasteiger partial charge in [-0.2, -0.15) is 4.57 Å². The number of thiazole rings is 1. The van der Waals surface area contributed by atoms with Crippen molar-refractivity contribution in [2.75, 3.05) is 0 Å². The van der Waals surface area contributed by atoms with Gasteiger partial charge >= 0.3 is 0 Å². The lowest BCUT2D eigenvalue weighted by Gasteiger charge is -2.21. The molecule has 22 heavy (non-hydrogen) atoms. The first-order valence-corrected chi connectivity index (χ1v) is 9.23. The van der Waals surface area contributed by atoms with Gasteiger partial charge in [-0.1, -0.05) is 73.1 Å². The maximum Gasteiger partial charge on any atom is 0.227 e. The molecule has 2 heteroatoms. The standard InChI is InChI=1S/C20H22NS/c1-3-8-16(9-4-1)14-21-15-22-19-13-7-12-18(20(19)21)17-10-5-2-6-11-17/h1,3-4,7-9,12-13,15,17H,2,5-6,10-11,14H2/q+1. The van der Waals surface area contributed by atoms with Crippen LogP contribution >= 0.6 is 11.3 Å². The van der Waals surface area contributed by atoms with E-state index in [1.807, 2.05) is 11.3 Å². The van der Waals surface area contributed by atoms with Crippen LogP contribution in [0.15, 0.2) is 54.0 Å². The van der Waals surface area contributed by atoms with E-state index in [0.717, 1.165) is 12.5 Å². The molecule has 0 unspecified atom stereocenters. The second-order valence-electron chi connectivity index (χ2n) is 6.37. The molecule has 1 aliphatic carbocycles. The van der Waals surface area contributed by atoms with Gasteiger partial charge in [0.25, 0.3) is 0 Å². The molecule has 1 saturated carbocycles. The average Bonchev–Trinajstić information content (AvgIpc) is 3.00. The summed E-state index contributed by atoms with van der Waals surface area (Å²) < 4.78 is 3.89. The van der Waals surface area contributed by atoms with E-state index in [9.17, 15) is 0 Å². The first-order valence-electron chi connectivity index (χ1n) is 8.35. The molecule has 4 rings (SSSR count). The smallest absolute Gasteiger partial charge is 0.184 e. The minimum absolute atomic E-state index is 0.758. The van der Waals surface area contributed by atoms with Gasteiger partial charge in [-0.15, -0.1) is 0 Å². The Labute approximate surface area is 136 Å². The van der Waals surface area contributed by atoms with Crippen LogP contribution in [0.1, 0.15) is 49.1 Å². The summed E-state index contributed by atoms with van der Waals surface area (Å²) in [5.74, 6) is 0.758. The molecule has 0 spiro atoms. The van der Waals surface area contributed by atoms with Crippen LogP contribution in [-0.4, -0.2) is 0 Å². The molecule has 0 aliphatic heterocycles. The average molecular weight is 308 g/mol. The summed E-state index contributed by atoms with van der Waals surface area (Å²) in [4.78, 5) is 0. The van der Waals surface area contributed by atoms with E-state index in [1.54, 1.807) is 5.56 Å². The number of hydrogen-bond acceptors (Lipinski definition) is 1. The van der Waals surface area contributed by atoms with Crippen molar-refractivity contribution in [3.63, 3.8) is 0 Å². The number of aromatic nitrogens is 1. The van der Waals surface area contributed by atoms with Gasteiger partial charge in [0, 0.05) is 11.1 Å². The van der Waals surface area contributed by atoms with Gasteiger partial charge in [-0.25, -0.2) is 0 Å². The number of fused-ring (bicyclic) bond motifs is 1. The van der Waals surface area contributed by atoms with Crippen molar-refractivity contribution in [2.45, 2.75) is 44.6 Å². The highest BCUT2D eigenvalue weighted by atomic mass is 32.1. The van der Waals surface area contributed by atoms with Crippen molar-refractivity contribution in [1.82, 2.24) is 0 Å². The molecule has 0 bridgehead atoms. The summed E-state index contributed by atoms with van der Waals surface area (Å²) in [6, 6.07) is 17.7. The Kier molecular flexibility index (Phi) is 3.94.